The molecule has 0 bridgehead atoms. The Bertz CT molecular complexity index is 748. The van der Waals surface area contributed by atoms with Gasteiger partial charge in [0.05, 0.1) is 7.11 Å². The zero-order valence-corrected chi connectivity index (χ0v) is 14.2. The Hall–Kier alpha value is -2.90. The van der Waals surface area contributed by atoms with Gasteiger partial charge in [0.25, 0.3) is 0 Å². The minimum Gasteiger partial charge on any atom is -0.497 e. The smallest absolute Gasteiger partial charge is 0.313 e. The van der Waals surface area contributed by atoms with Crippen LogP contribution in [0.25, 0.3) is 0 Å². The molecule has 0 spiro atoms. The Morgan fingerprint density at radius 1 is 1.24 bits per heavy atom. The molecule has 1 aromatic heterocycles. The third-order valence-corrected chi connectivity index (χ3v) is 4.22. The summed E-state index contributed by atoms with van der Waals surface area (Å²) in [5.41, 5.74) is 0.551. The van der Waals surface area contributed by atoms with Crippen LogP contribution in [0.4, 0.5) is 5.69 Å². The summed E-state index contributed by atoms with van der Waals surface area (Å²) in [7, 11) is 1.57. The highest BCUT2D eigenvalue weighted by atomic mass is 16.5. The predicted molar refractivity (Wildman–Crippen MR) is 89.2 cm³/mol. The molecule has 1 saturated heterocycles. The quantitative estimate of drug-likeness (QED) is 0.852. The molecule has 132 valence electrons. The van der Waals surface area contributed by atoms with Gasteiger partial charge in [0.15, 0.2) is 5.82 Å². The molecule has 0 atom stereocenters. The van der Waals surface area contributed by atoms with Crippen molar-refractivity contribution in [1.82, 2.24) is 15.0 Å². The number of anilines is 1. The number of benzene rings is 1. The number of nitrogens with zero attached hydrogens (tertiary/aromatic N) is 3. The van der Waals surface area contributed by atoms with E-state index in [-0.39, 0.29) is 5.92 Å². The summed E-state index contributed by atoms with van der Waals surface area (Å²) < 4.78 is 10.3. The fourth-order valence-electron chi connectivity index (χ4n) is 2.81. The maximum atomic E-state index is 12.3. The summed E-state index contributed by atoms with van der Waals surface area (Å²) in [6.45, 7) is 2.75. The molecule has 0 saturated carbocycles. The van der Waals surface area contributed by atoms with Crippen molar-refractivity contribution in [2.75, 3.05) is 25.5 Å². The van der Waals surface area contributed by atoms with Crippen molar-refractivity contribution in [3.8, 4) is 5.75 Å². The number of hydrogen-bond acceptors (Lipinski definition) is 6. The molecule has 3 rings (SSSR count). The third-order valence-electron chi connectivity index (χ3n) is 4.22. The van der Waals surface area contributed by atoms with Crippen LogP contribution in [0.5, 0.6) is 5.75 Å². The van der Waals surface area contributed by atoms with E-state index >= 15 is 0 Å². The number of amides is 2. The van der Waals surface area contributed by atoms with Crippen molar-refractivity contribution in [3.63, 3.8) is 0 Å². The number of aryl methyl sites for hydroxylation is 1. The number of nitrogens with one attached hydrogen (secondary N) is 1. The Morgan fingerprint density at radius 3 is 2.48 bits per heavy atom. The van der Waals surface area contributed by atoms with Crippen molar-refractivity contribution in [3.05, 3.63) is 36.0 Å². The normalized spacial score (nSPS) is 15.0. The van der Waals surface area contributed by atoms with Gasteiger partial charge >= 0.3 is 11.8 Å². The molecule has 8 nitrogen and oxygen atoms in total. The van der Waals surface area contributed by atoms with Gasteiger partial charge < -0.3 is 19.5 Å². The summed E-state index contributed by atoms with van der Waals surface area (Å²) in [5.74, 6) is 0.852. The molecule has 2 heterocycles. The first-order valence-corrected chi connectivity index (χ1v) is 8.11. The summed E-state index contributed by atoms with van der Waals surface area (Å²) in [5, 5.41) is 6.40. The fraction of sp³-hybridized carbons (Fsp3) is 0.412. The zero-order valence-electron chi connectivity index (χ0n) is 14.2. The Labute approximate surface area is 145 Å². The van der Waals surface area contributed by atoms with E-state index in [1.54, 1.807) is 43.2 Å². The standard InChI is InChI=1S/C17H20N4O4/c1-11-18-16(25-20-11)12-7-9-21(10-8-12)17(23)15(22)19-13-3-5-14(24-2)6-4-13/h3-6,12H,7-10H2,1-2H3,(H,19,22). The van der Waals surface area contributed by atoms with Gasteiger partial charge in [-0.1, -0.05) is 5.16 Å². The number of carbonyl (C=O) groups excluding carboxylic acids is 2. The highest BCUT2D eigenvalue weighted by Gasteiger charge is 2.30. The van der Waals surface area contributed by atoms with Crippen LogP contribution in [-0.4, -0.2) is 47.1 Å². The number of aromatic nitrogens is 2. The number of carbonyl (C=O) groups is 2. The van der Waals surface area contributed by atoms with Gasteiger partial charge in [-0.3, -0.25) is 9.59 Å². The van der Waals surface area contributed by atoms with E-state index in [0.29, 0.717) is 49.1 Å². The van der Waals surface area contributed by atoms with E-state index in [9.17, 15) is 9.59 Å². The summed E-state index contributed by atoms with van der Waals surface area (Å²) >= 11 is 0. The lowest BCUT2D eigenvalue weighted by Gasteiger charge is -2.29. The second-order valence-electron chi connectivity index (χ2n) is 5.93. The molecule has 1 fully saturated rings. The number of piperidine rings is 1. The predicted octanol–water partition coefficient (Wildman–Crippen LogP) is 1.73. The van der Waals surface area contributed by atoms with Crippen molar-refractivity contribution in [1.29, 1.82) is 0 Å². The molecule has 0 radical (unpaired) electrons. The molecular formula is C17H20N4O4. The van der Waals surface area contributed by atoms with Crippen LogP contribution in [-0.2, 0) is 9.59 Å². The van der Waals surface area contributed by atoms with Gasteiger partial charge in [0, 0.05) is 24.7 Å². The highest BCUT2D eigenvalue weighted by Crippen LogP contribution is 2.26. The minimum atomic E-state index is -0.641. The Balaban J connectivity index is 1.53. The van der Waals surface area contributed by atoms with Gasteiger partial charge in [-0.15, -0.1) is 0 Å². The van der Waals surface area contributed by atoms with Crippen molar-refractivity contribution >= 4 is 17.5 Å². The van der Waals surface area contributed by atoms with Gasteiger partial charge in [0.2, 0.25) is 5.89 Å². The van der Waals surface area contributed by atoms with Crippen LogP contribution in [0, 0.1) is 6.92 Å². The van der Waals surface area contributed by atoms with E-state index < -0.39 is 11.8 Å². The molecule has 0 unspecified atom stereocenters. The largest absolute Gasteiger partial charge is 0.497 e. The molecule has 2 amide bonds. The molecule has 8 heteroatoms. The fourth-order valence-corrected chi connectivity index (χ4v) is 2.81. The molecule has 1 aliphatic rings. The second-order valence-corrected chi connectivity index (χ2v) is 5.93. The zero-order chi connectivity index (χ0) is 17.8. The molecule has 1 N–H and O–H groups in total. The third kappa shape index (κ3) is 3.96. The van der Waals surface area contributed by atoms with E-state index in [0.717, 1.165) is 0 Å². The number of likely N-dealkylation sites (tertiary alicyclic amines) is 1. The lowest BCUT2D eigenvalue weighted by atomic mass is 9.96. The van der Waals surface area contributed by atoms with Gasteiger partial charge in [-0.05, 0) is 44.0 Å². The lowest BCUT2D eigenvalue weighted by molar-refractivity contribution is -0.143. The van der Waals surface area contributed by atoms with Crippen LogP contribution in [0.2, 0.25) is 0 Å². The van der Waals surface area contributed by atoms with Crippen molar-refractivity contribution in [2.45, 2.75) is 25.7 Å². The van der Waals surface area contributed by atoms with Gasteiger partial charge in [-0.2, -0.15) is 4.98 Å². The number of ether oxygens (including phenoxy) is 1. The number of hydrogen-bond donors (Lipinski definition) is 1. The van der Waals surface area contributed by atoms with Crippen LogP contribution < -0.4 is 10.1 Å². The van der Waals surface area contributed by atoms with Crippen LogP contribution in [0.1, 0.15) is 30.5 Å². The molecule has 25 heavy (non-hydrogen) atoms. The first-order chi connectivity index (χ1) is 12.1. The summed E-state index contributed by atoms with van der Waals surface area (Å²) in [6, 6.07) is 6.82. The van der Waals surface area contributed by atoms with Crippen molar-refractivity contribution < 1.29 is 18.8 Å². The number of methoxy groups -OCH3 is 1. The van der Waals surface area contributed by atoms with Crippen LogP contribution in [0.3, 0.4) is 0 Å². The Kier molecular flexibility index (Phi) is 4.97. The van der Waals surface area contributed by atoms with Gasteiger partial charge in [-0.25, -0.2) is 0 Å². The van der Waals surface area contributed by atoms with E-state index in [2.05, 4.69) is 15.5 Å². The monoisotopic (exact) mass is 344 g/mol. The first-order valence-electron chi connectivity index (χ1n) is 8.11. The maximum absolute atomic E-state index is 12.3. The van der Waals surface area contributed by atoms with Crippen LogP contribution >= 0.6 is 0 Å². The topological polar surface area (TPSA) is 97.6 Å². The molecular weight excluding hydrogens is 324 g/mol. The van der Waals surface area contributed by atoms with E-state index in [1.165, 1.54) is 0 Å². The summed E-state index contributed by atoms with van der Waals surface area (Å²) in [6.07, 6.45) is 1.40. The Morgan fingerprint density at radius 2 is 1.92 bits per heavy atom. The first kappa shape index (κ1) is 16.9. The highest BCUT2D eigenvalue weighted by molar-refractivity contribution is 6.39. The summed E-state index contributed by atoms with van der Waals surface area (Å²) in [4.78, 5) is 30.2. The van der Waals surface area contributed by atoms with Crippen molar-refractivity contribution in [2.24, 2.45) is 0 Å². The average molecular weight is 344 g/mol. The molecule has 0 aliphatic carbocycles. The molecule has 1 aliphatic heterocycles. The lowest BCUT2D eigenvalue weighted by Crippen LogP contribution is -2.43. The molecule has 2 aromatic rings. The van der Waals surface area contributed by atoms with Crippen LogP contribution in [0.15, 0.2) is 28.8 Å². The van der Waals surface area contributed by atoms with Gasteiger partial charge in [0.1, 0.15) is 5.75 Å². The maximum Gasteiger partial charge on any atom is 0.313 e. The molecule has 1 aromatic carbocycles. The minimum absolute atomic E-state index is 0.134. The second kappa shape index (κ2) is 7.33. The van der Waals surface area contributed by atoms with E-state index in [1.807, 2.05) is 0 Å². The SMILES string of the molecule is COc1ccc(NC(=O)C(=O)N2CCC(c3nc(C)no3)CC2)cc1. The van der Waals surface area contributed by atoms with E-state index in [4.69, 9.17) is 9.26 Å². The average Bonchev–Trinajstić information content (AvgIpc) is 3.08. The number of rotatable bonds is 3.